The molecule has 1 spiro atoms. The van der Waals surface area contributed by atoms with Gasteiger partial charge in [0.15, 0.2) is 23.1 Å². The summed E-state index contributed by atoms with van der Waals surface area (Å²) in [7, 11) is 0. The average Bonchev–Trinajstić information content (AvgIpc) is 2.89. The third-order valence-electron chi connectivity index (χ3n) is 3.79. The van der Waals surface area contributed by atoms with Gasteiger partial charge < -0.3 is 14.4 Å². The molecule has 114 valence electrons. The first-order valence-electron chi connectivity index (χ1n) is 6.68. The Kier molecular flexibility index (Phi) is 3.50. The fourth-order valence-corrected chi connectivity index (χ4v) is 2.89. The summed E-state index contributed by atoms with van der Waals surface area (Å²) in [5.74, 6) is -3.19. The Labute approximate surface area is 119 Å². The van der Waals surface area contributed by atoms with E-state index in [4.69, 9.17) is 9.47 Å². The largest absolute Gasteiger partial charge is 0.358 e. The maximum atomic E-state index is 14.1. The number of halogens is 2. The van der Waals surface area contributed by atoms with E-state index in [1.165, 1.54) is 4.90 Å². The van der Waals surface area contributed by atoms with E-state index in [2.05, 4.69) is 0 Å². The van der Waals surface area contributed by atoms with Crippen LogP contribution < -0.4 is 4.90 Å². The summed E-state index contributed by atoms with van der Waals surface area (Å²) in [5.41, 5.74) is -0.790. The molecule has 0 saturated carbocycles. The summed E-state index contributed by atoms with van der Waals surface area (Å²) in [6, 6.07) is 1.74. The second-order valence-electron chi connectivity index (χ2n) is 5.12. The van der Waals surface area contributed by atoms with E-state index >= 15 is 0 Å². The SMILES string of the molecule is O=[N+]([O-])c1ccc(F)c(F)c1N1CCCC2(C1)OCCO2. The summed E-state index contributed by atoms with van der Waals surface area (Å²) in [6.07, 6.45) is 1.25. The molecule has 2 heterocycles. The number of benzene rings is 1. The summed E-state index contributed by atoms with van der Waals surface area (Å²) >= 11 is 0. The van der Waals surface area contributed by atoms with Crippen LogP contribution in [0.5, 0.6) is 0 Å². The monoisotopic (exact) mass is 300 g/mol. The van der Waals surface area contributed by atoms with Crippen molar-refractivity contribution in [3.8, 4) is 0 Å². The molecule has 2 aliphatic heterocycles. The van der Waals surface area contributed by atoms with Crippen molar-refractivity contribution in [3.63, 3.8) is 0 Å². The van der Waals surface area contributed by atoms with Crippen LogP contribution >= 0.6 is 0 Å². The molecule has 1 aromatic carbocycles. The third kappa shape index (κ3) is 2.44. The van der Waals surface area contributed by atoms with Gasteiger partial charge >= 0.3 is 0 Å². The van der Waals surface area contributed by atoms with Crippen LogP contribution in [0.2, 0.25) is 0 Å². The molecule has 21 heavy (non-hydrogen) atoms. The molecule has 8 heteroatoms. The first-order valence-corrected chi connectivity index (χ1v) is 6.68. The minimum absolute atomic E-state index is 0.147. The van der Waals surface area contributed by atoms with E-state index in [1.807, 2.05) is 0 Å². The second kappa shape index (κ2) is 5.19. The average molecular weight is 300 g/mol. The predicted octanol–water partition coefficient (Wildman–Crippen LogP) is 2.22. The molecule has 2 fully saturated rings. The van der Waals surface area contributed by atoms with Gasteiger partial charge in [0.05, 0.1) is 24.7 Å². The van der Waals surface area contributed by atoms with Gasteiger partial charge in [-0.15, -0.1) is 0 Å². The van der Waals surface area contributed by atoms with E-state index in [0.29, 0.717) is 32.6 Å². The number of anilines is 1. The molecule has 0 radical (unpaired) electrons. The van der Waals surface area contributed by atoms with E-state index in [-0.39, 0.29) is 12.2 Å². The lowest BCUT2D eigenvalue weighted by molar-refractivity contribution is -0.384. The zero-order valence-corrected chi connectivity index (χ0v) is 11.2. The fraction of sp³-hybridized carbons (Fsp3) is 0.538. The summed E-state index contributed by atoms with van der Waals surface area (Å²) in [4.78, 5) is 11.8. The topological polar surface area (TPSA) is 64.8 Å². The molecule has 6 nitrogen and oxygen atoms in total. The fourth-order valence-electron chi connectivity index (χ4n) is 2.89. The van der Waals surface area contributed by atoms with Crippen LogP contribution in [-0.2, 0) is 9.47 Å². The zero-order valence-electron chi connectivity index (χ0n) is 11.2. The number of hydrogen-bond acceptors (Lipinski definition) is 5. The van der Waals surface area contributed by atoms with E-state index < -0.39 is 28.0 Å². The second-order valence-corrected chi connectivity index (χ2v) is 5.12. The summed E-state index contributed by atoms with van der Waals surface area (Å²) < 4.78 is 38.6. The van der Waals surface area contributed by atoms with Crippen LogP contribution in [0.3, 0.4) is 0 Å². The molecule has 0 aromatic heterocycles. The van der Waals surface area contributed by atoms with Crippen LogP contribution in [0.1, 0.15) is 12.8 Å². The number of nitrogens with zero attached hydrogens (tertiary/aromatic N) is 2. The van der Waals surface area contributed by atoms with Gasteiger partial charge in [-0.3, -0.25) is 10.1 Å². The van der Waals surface area contributed by atoms with Gasteiger partial charge in [0.1, 0.15) is 0 Å². The van der Waals surface area contributed by atoms with Crippen LogP contribution in [-0.4, -0.2) is 37.0 Å². The maximum absolute atomic E-state index is 14.1. The quantitative estimate of drug-likeness (QED) is 0.619. The third-order valence-corrected chi connectivity index (χ3v) is 3.79. The van der Waals surface area contributed by atoms with Gasteiger partial charge in [0, 0.05) is 19.0 Å². The number of nitro groups is 1. The molecule has 0 atom stereocenters. The number of nitro benzene ring substituents is 1. The van der Waals surface area contributed by atoms with Crippen molar-refractivity contribution in [1.82, 2.24) is 0 Å². The van der Waals surface area contributed by atoms with Crippen molar-refractivity contribution in [2.45, 2.75) is 18.6 Å². The van der Waals surface area contributed by atoms with Crippen LogP contribution in [0.4, 0.5) is 20.2 Å². The highest BCUT2D eigenvalue weighted by atomic mass is 19.2. The Morgan fingerprint density at radius 1 is 1.29 bits per heavy atom. The highest BCUT2D eigenvalue weighted by molar-refractivity contribution is 5.64. The van der Waals surface area contributed by atoms with Gasteiger partial charge in [-0.05, 0) is 12.5 Å². The standard InChI is InChI=1S/C13H14F2N2O4/c14-9-2-3-10(17(18)19)12(11(9)15)16-5-1-4-13(8-16)20-6-7-21-13/h2-3H,1,4-8H2. The van der Waals surface area contributed by atoms with Crippen molar-refractivity contribution >= 4 is 11.4 Å². The van der Waals surface area contributed by atoms with E-state index in [0.717, 1.165) is 12.1 Å². The Bertz CT molecular complexity index is 576. The molecule has 0 unspecified atom stereocenters. The first-order chi connectivity index (χ1) is 10.0. The zero-order chi connectivity index (χ0) is 15.0. The smallest absolute Gasteiger partial charge is 0.295 e. The maximum Gasteiger partial charge on any atom is 0.295 e. The highest BCUT2D eigenvalue weighted by Crippen LogP contribution is 2.38. The number of piperidine rings is 1. The van der Waals surface area contributed by atoms with Crippen molar-refractivity contribution < 1.29 is 23.2 Å². The van der Waals surface area contributed by atoms with E-state index in [1.54, 1.807) is 0 Å². The predicted molar refractivity (Wildman–Crippen MR) is 69.1 cm³/mol. The minimum Gasteiger partial charge on any atom is -0.358 e. The van der Waals surface area contributed by atoms with Crippen molar-refractivity contribution in [1.29, 1.82) is 0 Å². The number of rotatable bonds is 2. The van der Waals surface area contributed by atoms with Crippen LogP contribution in [0, 0.1) is 21.7 Å². The lowest BCUT2D eigenvalue weighted by atomic mass is 10.0. The molecule has 0 N–H and O–H groups in total. The van der Waals surface area contributed by atoms with Crippen molar-refractivity contribution in [2.24, 2.45) is 0 Å². The molecule has 0 bridgehead atoms. The molecule has 3 rings (SSSR count). The summed E-state index contributed by atoms with van der Waals surface area (Å²) in [6.45, 7) is 1.40. The lowest BCUT2D eigenvalue weighted by Crippen LogP contribution is -2.49. The lowest BCUT2D eigenvalue weighted by Gasteiger charge is -2.39. The van der Waals surface area contributed by atoms with Crippen molar-refractivity contribution in [2.75, 3.05) is 31.2 Å². The van der Waals surface area contributed by atoms with E-state index in [9.17, 15) is 18.9 Å². The summed E-state index contributed by atoms with van der Waals surface area (Å²) in [5, 5.41) is 11.1. The van der Waals surface area contributed by atoms with Gasteiger partial charge in [-0.2, -0.15) is 0 Å². The number of hydrogen-bond donors (Lipinski definition) is 0. The Morgan fingerprint density at radius 2 is 2.00 bits per heavy atom. The van der Waals surface area contributed by atoms with Crippen molar-refractivity contribution in [3.05, 3.63) is 33.9 Å². The molecular weight excluding hydrogens is 286 g/mol. The first kappa shape index (κ1) is 14.2. The number of ether oxygens (including phenoxy) is 2. The molecule has 0 amide bonds. The minimum atomic E-state index is -1.21. The Morgan fingerprint density at radius 3 is 2.67 bits per heavy atom. The van der Waals surface area contributed by atoms with Gasteiger partial charge in [0.25, 0.3) is 5.69 Å². The molecular formula is C13H14F2N2O4. The van der Waals surface area contributed by atoms with Crippen LogP contribution in [0.25, 0.3) is 0 Å². The molecule has 2 saturated heterocycles. The normalized spacial score (nSPS) is 21.0. The van der Waals surface area contributed by atoms with Crippen LogP contribution in [0.15, 0.2) is 12.1 Å². The van der Waals surface area contributed by atoms with Gasteiger partial charge in [-0.1, -0.05) is 0 Å². The molecule has 2 aliphatic rings. The molecule has 1 aromatic rings. The van der Waals surface area contributed by atoms with Gasteiger partial charge in [0.2, 0.25) is 0 Å². The van der Waals surface area contributed by atoms with Gasteiger partial charge in [-0.25, -0.2) is 8.78 Å². The Balaban J connectivity index is 1.99. The Hall–Kier alpha value is -1.80. The molecule has 0 aliphatic carbocycles. The highest BCUT2D eigenvalue weighted by Gasteiger charge is 2.43.